The van der Waals surface area contributed by atoms with Crippen LogP contribution in [0.3, 0.4) is 0 Å². The van der Waals surface area contributed by atoms with Crippen LogP contribution in [0, 0.1) is 0 Å². The summed E-state index contributed by atoms with van der Waals surface area (Å²) in [5, 5.41) is 12.5. The summed E-state index contributed by atoms with van der Waals surface area (Å²) in [5.74, 6) is 0.670. The van der Waals surface area contributed by atoms with Crippen molar-refractivity contribution in [2.24, 2.45) is 0 Å². The first-order valence-electron chi connectivity index (χ1n) is 7.85. The number of amides is 1. The monoisotopic (exact) mass is 291 g/mol. The lowest BCUT2D eigenvalue weighted by Crippen LogP contribution is -2.49. The van der Waals surface area contributed by atoms with Gasteiger partial charge in [-0.2, -0.15) is 0 Å². The predicted octanol–water partition coefficient (Wildman–Crippen LogP) is 2.90. The molecule has 4 heteroatoms. The van der Waals surface area contributed by atoms with E-state index in [9.17, 15) is 9.90 Å². The van der Waals surface area contributed by atoms with Crippen LogP contribution in [0.1, 0.15) is 55.8 Å². The lowest BCUT2D eigenvalue weighted by molar-refractivity contribution is 0.0838. The third kappa shape index (κ3) is 4.21. The van der Waals surface area contributed by atoms with Crippen molar-refractivity contribution < 1.29 is 14.6 Å². The number of benzene rings is 1. The van der Waals surface area contributed by atoms with Crippen LogP contribution in [0.15, 0.2) is 24.3 Å². The Hall–Kier alpha value is -1.55. The smallest absolute Gasteiger partial charge is 0.251 e. The highest BCUT2D eigenvalue weighted by molar-refractivity contribution is 5.94. The van der Waals surface area contributed by atoms with Gasteiger partial charge in [0, 0.05) is 5.56 Å². The quantitative estimate of drug-likeness (QED) is 0.759. The maximum atomic E-state index is 12.3. The Morgan fingerprint density at radius 2 is 1.95 bits per heavy atom. The first-order valence-corrected chi connectivity index (χ1v) is 7.85. The Morgan fingerprint density at radius 1 is 1.29 bits per heavy atom. The lowest BCUT2D eigenvalue weighted by atomic mass is 9.98. The molecule has 0 aromatic heterocycles. The SMILES string of the molecule is CCCCOc1ccc(C(=O)NC2(CO)CCCC2)cc1. The fourth-order valence-corrected chi connectivity index (χ4v) is 2.72. The van der Waals surface area contributed by atoms with Crippen LogP contribution in [0.4, 0.5) is 0 Å². The predicted molar refractivity (Wildman–Crippen MR) is 82.6 cm³/mol. The van der Waals surface area contributed by atoms with Gasteiger partial charge in [0.1, 0.15) is 5.75 Å². The maximum Gasteiger partial charge on any atom is 0.251 e. The second-order valence-corrected chi connectivity index (χ2v) is 5.83. The molecule has 0 spiro atoms. The number of carbonyl (C=O) groups excluding carboxylic acids is 1. The number of aliphatic hydroxyl groups excluding tert-OH is 1. The van der Waals surface area contributed by atoms with Crippen LogP contribution in [-0.2, 0) is 0 Å². The van der Waals surface area contributed by atoms with Crippen molar-refractivity contribution in [3.63, 3.8) is 0 Å². The van der Waals surface area contributed by atoms with Gasteiger partial charge in [-0.05, 0) is 43.5 Å². The first kappa shape index (κ1) is 15.8. The normalized spacial score (nSPS) is 16.7. The van der Waals surface area contributed by atoms with E-state index in [1.54, 1.807) is 12.1 Å². The third-order valence-corrected chi connectivity index (χ3v) is 4.13. The number of unbranched alkanes of at least 4 members (excludes halogenated alkanes) is 1. The summed E-state index contributed by atoms with van der Waals surface area (Å²) in [4.78, 5) is 12.3. The van der Waals surface area contributed by atoms with Crippen LogP contribution < -0.4 is 10.1 Å². The minimum Gasteiger partial charge on any atom is -0.494 e. The maximum absolute atomic E-state index is 12.3. The zero-order valence-electron chi connectivity index (χ0n) is 12.7. The summed E-state index contributed by atoms with van der Waals surface area (Å²) in [5.41, 5.74) is 0.186. The molecule has 1 aliphatic rings. The van der Waals surface area contributed by atoms with E-state index in [4.69, 9.17) is 4.74 Å². The van der Waals surface area contributed by atoms with E-state index in [1.165, 1.54) is 0 Å². The molecular weight excluding hydrogens is 266 g/mol. The minimum atomic E-state index is -0.423. The molecule has 1 fully saturated rings. The van der Waals surface area contributed by atoms with Gasteiger partial charge in [-0.15, -0.1) is 0 Å². The highest BCUT2D eigenvalue weighted by Gasteiger charge is 2.34. The van der Waals surface area contributed by atoms with Crippen LogP contribution in [0.25, 0.3) is 0 Å². The summed E-state index contributed by atoms with van der Waals surface area (Å²) in [6.07, 6.45) is 5.96. The zero-order chi connectivity index (χ0) is 15.1. The van der Waals surface area contributed by atoms with Gasteiger partial charge in [0.25, 0.3) is 5.91 Å². The molecule has 0 saturated heterocycles. The molecular formula is C17H25NO3. The van der Waals surface area contributed by atoms with E-state index < -0.39 is 5.54 Å². The van der Waals surface area contributed by atoms with Crippen LogP contribution in [-0.4, -0.2) is 29.8 Å². The number of rotatable bonds is 7. The average Bonchev–Trinajstić information content (AvgIpc) is 2.97. The average molecular weight is 291 g/mol. The first-order chi connectivity index (χ1) is 10.2. The summed E-state index contributed by atoms with van der Waals surface area (Å²) in [6.45, 7) is 2.84. The number of ether oxygens (including phenoxy) is 1. The summed E-state index contributed by atoms with van der Waals surface area (Å²) >= 11 is 0. The summed E-state index contributed by atoms with van der Waals surface area (Å²) in [6, 6.07) is 7.20. The van der Waals surface area contributed by atoms with E-state index in [-0.39, 0.29) is 12.5 Å². The molecule has 0 aliphatic heterocycles. The van der Waals surface area contributed by atoms with Gasteiger partial charge >= 0.3 is 0 Å². The van der Waals surface area contributed by atoms with E-state index in [0.29, 0.717) is 12.2 Å². The van der Waals surface area contributed by atoms with Crippen molar-refractivity contribution in [2.75, 3.05) is 13.2 Å². The molecule has 116 valence electrons. The van der Waals surface area contributed by atoms with Crippen molar-refractivity contribution in [1.29, 1.82) is 0 Å². The van der Waals surface area contributed by atoms with Crippen molar-refractivity contribution in [2.45, 2.75) is 51.0 Å². The largest absolute Gasteiger partial charge is 0.494 e. The molecule has 0 radical (unpaired) electrons. The van der Waals surface area contributed by atoms with E-state index in [2.05, 4.69) is 12.2 Å². The van der Waals surface area contributed by atoms with Gasteiger partial charge in [0.2, 0.25) is 0 Å². The van der Waals surface area contributed by atoms with E-state index >= 15 is 0 Å². The highest BCUT2D eigenvalue weighted by Crippen LogP contribution is 2.29. The molecule has 2 rings (SSSR count). The molecule has 0 atom stereocenters. The van der Waals surface area contributed by atoms with Crippen LogP contribution >= 0.6 is 0 Å². The van der Waals surface area contributed by atoms with E-state index in [1.807, 2.05) is 12.1 Å². The summed E-state index contributed by atoms with van der Waals surface area (Å²) < 4.78 is 5.58. The number of aliphatic hydroxyl groups is 1. The summed E-state index contributed by atoms with van der Waals surface area (Å²) in [7, 11) is 0. The minimum absolute atomic E-state index is 0.0109. The van der Waals surface area contributed by atoms with Crippen molar-refractivity contribution >= 4 is 5.91 Å². The molecule has 1 aromatic carbocycles. The molecule has 4 nitrogen and oxygen atoms in total. The Balaban J connectivity index is 1.93. The third-order valence-electron chi connectivity index (χ3n) is 4.13. The molecule has 2 N–H and O–H groups in total. The van der Waals surface area contributed by atoms with Gasteiger partial charge in [-0.1, -0.05) is 26.2 Å². The number of nitrogens with one attached hydrogen (secondary N) is 1. The van der Waals surface area contributed by atoms with Gasteiger partial charge in [0.15, 0.2) is 0 Å². The van der Waals surface area contributed by atoms with Crippen molar-refractivity contribution in [3.05, 3.63) is 29.8 Å². The van der Waals surface area contributed by atoms with Gasteiger partial charge < -0.3 is 15.2 Å². The topological polar surface area (TPSA) is 58.6 Å². The molecule has 1 aliphatic carbocycles. The van der Waals surface area contributed by atoms with Gasteiger partial charge in [-0.25, -0.2) is 0 Å². The molecule has 1 saturated carbocycles. The fourth-order valence-electron chi connectivity index (χ4n) is 2.72. The zero-order valence-corrected chi connectivity index (χ0v) is 12.7. The molecule has 0 bridgehead atoms. The standard InChI is InChI=1S/C17H25NO3/c1-2-3-12-21-15-8-6-14(7-9-15)16(20)18-17(13-19)10-4-5-11-17/h6-9,19H,2-5,10-13H2,1H3,(H,18,20). The van der Waals surface area contributed by atoms with Crippen molar-refractivity contribution in [1.82, 2.24) is 5.32 Å². The van der Waals surface area contributed by atoms with Crippen molar-refractivity contribution in [3.8, 4) is 5.75 Å². The second-order valence-electron chi connectivity index (χ2n) is 5.83. The Labute approximate surface area is 126 Å². The Bertz CT molecular complexity index is 450. The van der Waals surface area contributed by atoms with Gasteiger partial charge in [0.05, 0.1) is 18.8 Å². The number of hydrogen-bond donors (Lipinski definition) is 2. The molecule has 0 unspecified atom stereocenters. The lowest BCUT2D eigenvalue weighted by Gasteiger charge is -2.28. The Morgan fingerprint density at radius 3 is 2.52 bits per heavy atom. The molecule has 1 amide bonds. The number of hydrogen-bond acceptors (Lipinski definition) is 3. The fraction of sp³-hybridized carbons (Fsp3) is 0.588. The van der Waals surface area contributed by atoms with E-state index in [0.717, 1.165) is 44.3 Å². The molecule has 21 heavy (non-hydrogen) atoms. The highest BCUT2D eigenvalue weighted by atomic mass is 16.5. The second kappa shape index (κ2) is 7.46. The Kier molecular flexibility index (Phi) is 5.62. The number of carbonyl (C=O) groups is 1. The van der Waals surface area contributed by atoms with Crippen LogP contribution in [0.5, 0.6) is 5.75 Å². The van der Waals surface area contributed by atoms with Gasteiger partial charge in [-0.3, -0.25) is 4.79 Å². The molecule has 1 aromatic rings. The van der Waals surface area contributed by atoms with Crippen LogP contribution in [0.2, 0.25) is 0 Å². The molecule has 0 heterocycles.